The molecular weight excluding hydrogens is 339 g/mol. The smallest absolute Gasteiger partial charge is 0.422 e. The van der Waals surface area contributed by atoms with Gasteiger partial charge < -0.3 is 4.74 Å². The van der Waals surface area contributed by atoms with E-state index in [1.807, 2.05) is 18.2 Å². The zero-order valence-electron chi connectivity index (χ0n) is 12.9. The molecule has 0 saturated heterocycles. The molecule has 1 aromatic carbocycles. The van der Waals surface area contributed by atoms with E-state index in [-0.39, 0.29) is 11.9 Å². The summed E-state index contributed by atoms with van der Waals surface area (Å²) in [5, 5.41) is -0.571. The molecule has 2 nitrogen and oxygen atoms in total. The van der Waals surface area contributed by atoms with Crippen molar-refractivity contribution < 1.29 is 17.9 Å². The molecule has 0 bridgehead atoms. The molecule has 0 amide bonds. The van der Waals surface area contributed by atoms with E-state index >= 15 is 0 Å². The van der Waals surface area contributed by atoms with Gasteiger partial charge in [0.05, 0.1) is 6.10 Å². The Morgan fingerprint density at radius 3 is 2.29 bits per heavy atom. The molecule has 0 aliphatic heterocycles. The minimum Gasteiger partial charge on any atom is -0.490 e. The Bertz CT molecular complexity index is 682. The summed E-state index contributed by atoms with van der Waals surface area (Å²) >= 11 is 5.62. The molecule has 2 aromatic rings. The lowest BCUT2D eigenvalue weighted by Gasteiger charge is -2.30. The van der Waals surface area contributed by atoms with Crippen molar-refractivity contribution in [2.45, 2.75) is 43.9 Å². The van der Waals surface area contributed by atoms with Crippen LogP contribution in [-0.2, 0) is 6.18 Å². The number of halogens is 4. The van der Waals surface area contributed by atoms with Gasteiger partial charge in [-0.25, -0.2) is 4.98 Å². The first-order valence-corrected chi connectivity index (χ1v) is 8.26. The van der Waals surface area contributed by atoms with Gasteiger partial charge in [0.2, 0.25) is 0 Å². The van der Waals surface area contributed by atoms with Crippen LogP contribution in [0.4, 0.5) is 13.2 Å². The molecule has 0 N–H and O–H groups in total. The fourth-order valence-corrected chi connectivity index (χ4v) is 3.45. The van der Waals surface area contributed by atoms with E-state index in [1.54, 1.807) is 0 Å². The van der Waals surface area contributed by atoms with Gasteiger partial charge in [0.1, 0.15) is 16.5 Å². The van der Waals surface area contributed by atoms with Crippen LogP contribution in [0.3, 0.4) is 0 Å². The lowest BCUT2D eigenvalue weighted by atomic mass is 9.83. The maximum Gasteiger partial charge on any atom is 0.422 e. The van der Waals surface area contributed by atoms with E-state index in [4.69, 9.17) is 16.3 Å². The van der Waals surface area contributed by atoms with Crippen LogP contribution < -0.4 is 4.74 Å². The van der Waals surface area contributed by atoms with Crippen molar-refractivity contribution in [1.29, 1.82) is 0 Å². The third kappa shape index (κ3) is 3.83. The Kier molecular flexibility index (Phi) is 4.99. The van der Waals surface area contributed by atoms with Gasteiger partial charge in [-0.1, -0.05) is 41.9 Å². The predicted molar refractivity (Wildman–Crippen MR) is 86.3 cm³/mol. The van der Waals surface area contributed by atoms with Crippen molar-refractivity contribution in [2.75, 3.05) is 0 Å². The quantitative estimate of drug-likeness (QED) is 0.643. The highest BCUT2D eigenvalue weighted by atomic mass is 35.5. The molecular formula is C18H17ClF3NO. The number of pyridine rings is 1. The van der Waals surface area contributed by atoms with Gasteiger partial charge in [0, 0.05) is 6.20 Å². The van der Waals surface area contributed by atoms with E-state index in [2.05, 4.69) is 17.1 Å². The number of hydrogen-bond donors (Lipinski definition) is 0. The van der Waals surface area contributed by atoms with Crippen molar-refractivity contribution in [1.82, 2.24) is 4.98 Å². The average molecular weight is 356 g/mol. The molecule has 24 heavy (non-hydrogen) atoms. The predicted octanol–water partition coefficient (Wildman–Crippen LogP) is 5.86. The number of benzene rings is 1. The van der Waals surface area contributed by atoms with Gasteiger partial charge in [-0.05, 0) is 43.2 Å². The molecule has 0 radical (unpaired) electrons. The Balaban J connectivity index is 1.68. The van der Waals surface area contributed by atoms with Crippen molar-refractivity contribution >= 4 is 11.6 Å². The minimum atomic E-state index is -4.58. The third-order valence-electron chi connectivity index (χ3n) is 4.39. The van der Waals surface area contributed by atoms with Crippen LogP contribution in [0.5, 0.6) is 5.75 Å². The summed E-state index contributed by atoms with van der Waals surface area (Å²) in [5.41, 5.74) is 0.288. The number of rotatable bonds is 3. The van der Waals surface area contributed by atoms with E-state index in [9.17, 15) is 13.2 Å². The first-order chi connectivity index (χ1) is 11.4. The fourth-order valence-electron chi connectivity index (χ4n) is 3.19. The second-order valence-electron chi connectivity index (χ2n) is 5.97. The summed E-state index contributed by atoms with van der Waals surface area (Å²) in [6.45, 7) is 0. The van der Waals surface area contributed by atoms with E-state index in [0.717, 1.165) is 25.7 Å². The van der Waals surface area contributed by atoms with E-state index < -0.39 is 16.9 Å². The molecule has 6 heteroatoms. The molecule has 128 valence electrons. The summed E-state index contributed by atoms with van der Waals surface area (Å²) in [5.74, 6) is 0.208. The SMILES string of the molecule is FC(F)(F)c1c(O[C@H]2CC[C@H](c3ccccc3)CC2)ccnc1Cl. The normalized spacial score (nSPS) is 21.5. The molecule has 1 saturated carbocycles. The number of alkyl halides is 3. The van der Waals surface area contributed by atoms with Crippen molar-refractivity contribution in [3.05, 3.63) is 58.9 Å². The minimum absolute atomic E-state index is 0.231. The zero-order valence-corrected chi connectivity index (χ0v) is 13.6. The van der Waals surface area contributed by atoms with Crippen LogP contribution in [0.2, 0.25) is 5.15 Å². The Labute approximate surface area is 143 Å². The number of hydrogen-bond acceptors (Lipinski definition) is 2. The summed E-state index contributed by atoms with van der Waals surface area (Å²) in [7, 11) is 0. The standard InChI is InChI=1S/C18H17ClF3NO/c19-17-16(18(20,21)22)15(10-11-23-17)24-14-8-6-13(7-9-14)12-4-2-1-3-5-12/h1-5,10-11,13-14H,6-9H2/t13-,14-. The van der Waals surface area contributed by atoms with Crippen LogP contribution in [0, 0.1) is 0 Å². The van der Waals surface area contributed by atoms with Crippen molar-refractivity contribution in [3.63, 3.8) is 0 Å². The van der Waals surface area contributed by atoms with Crippen LogP contribution >= 0.6 is 11.6 Å². The van der Waals surface area contributed by atoms with Crippen molar-refractivity contribution in [3.8, 4) is 5.75 Å². The van der Waals surface area contributed by atoms with Gasteiger partial charge in [0.25, 0.3) is 0 Å². The van der Waals surface area contributed by atoms with Gasteiger partial charge in [-0.2, -0.15) is 13.2 Å². The first kappa shape index (κ1) is 17.1. The van der Waals surface area contributed by atoms with Crippen LogP contribution in [0.15, 0.2) is 42.6 Å². The summed E-state index contributed by atoms with van der Waals surface area (Å²) in [6.07, 6.45) is -0.341. The highest BCUT2D eigenvalue weighted by Crippen LogP contribution is 2.41. The molecule has 0 unspecified atom stereocenters. The highest BCUT2D eigenvalue weighted by molar-refractivity contribution is 6.30. The summed E-state index contributed by atoms with van der Waals surface area (Å²) < 4.78 is 45.1. The molecule has 0 spiro atoms. The highest BCUT2D eigenvalue weighted by Gasteiger charge is 2.38. The van der Waals surface area contributed by atoms with Crippen LogP contribution in [-0.4, -0.2) is 11.1 Å². The number of ether oxygens (including phenoxy) is 1. The second kappa shape index (κ2) is 7.01. The first-order valence-electron chi connectivity index (χ1n) is 7.88. The number of nitrogens with zero attached hydrogens (tertiary/aromatic N) is 1. The van der Waals surface area contributed by atoms with Crippen molar-refractivity contribution in [2.24, 2.45) is 0 Å². The summed E-state index contributed by atoms with van der Waals surface area (Å²) in [6, 6.07) is 11.4. The second-order valence-corrected chi connectivity index (χ2v) is 6.33. The summed E-state index contributed by atoms with van der Waals surface area (Å²) in [4.78, 5) is 3.52. The third-order valence-corrected chi connectivity index (χ3v) is 4.68. The molecule has 1 aliphatic rings. The largest absolute Gasteiger partial charge is 0.490 e. The molecule has 3 rings (SSSR count). The van der Waals surface area contributed by atoms with Gasteiger partial charge in [0.15, 0.2) is 0 Å². The van der Waals surface area contributed by atoms with Crippen LogP contribution in [0.25, 0.3) is 0 Å². The lowest BCUT2D eigenvalue weighted by Crippen LogP contribution is -2.24. The monoisotopic (exact) mass is 355 g/mol. The lowest BCUT2D eigenvalue weighted by molar-refractivity contribution is -0.139. The Morgan fingerprint density at radius 2 is 1.67 bits per heavy atom. The molecule has 1 fully saturated rings. The van der Waals surface area contributed by atoms with E-state index in [1.165, 1.54) is 17.8 Å². The fraction of sp³-hybridized carbons (Fsp3) is 0.389. The number of aromatic nitrogens is 1. The topological polar surface area (TPSA) is 22.1 Å². The molecule has 1 aliphatic carbocycles. The maximum atomic E-state index is 13.1. The zero-order chi connectivity index (χ0) is 17.2. The van der Waals surface area contributed by atoms with Crippen LogP contribution in [0.1, 0.15) is 42.7 Å². The maximum absolute atomic E-state index is 13.1. The Hall–Kier alpha value is -1.75. The molecule has 1 heterocycles. The van der Waals surface area contributed by atoms with Gasteiger partial charge >= 0.3 is 6.18 Å². The molecule has 1 aromatic heterocycles. The van der Waals surface area contributed by atoms with E-state index in [0.29, 0.717) is 5.92 Å². The van der Waals surface area contributed by atoms with Gasteiger partial charge in [-0.3, -0.25) is 0 Å². The Morgan fingerprint density at radius 1 is 1.00 bits per heavy atom. The molecule has 0 atom stereocenters. The van der Waals surface area contributed by atoms with Gasteiger partial charge in [-0.15, -0.1) is 0 Å². The average Bonchev–Trinajstić information content (AvgIpc) is 2.55.